The Balaban J connectivity index is 1.31. The minimum Gasteiger partial charge on any atom is -0.487 e. The van der Waals surface area contributed by atoms with Gasteiger partial charge in [0.15, 0.2) is 0 Å². The number of benzene rings is 2. The molecule has 1 saturated heterocycles. The van der Waals surface area contributed by atoms with Gasteiger partial charge in [0, 0.05) is 61.7 Å². The second-order valence-corrected chi connectivity index (χ2v) is 9.78. The maximum Gasteiger partial charge on any atom is 0.129 e. The van der Waals surface area contributed by atoms with E-state index in [0.717, 1.165) is 36.4 Å². The first-order chi connectivity index (χ1) is 15.7. The molecule has 4 nitrogen and oxygen atoms in total. The molecule has 2 fully saturated rings. The monoisotopic (exact) mass is 451 g/mol. The van der Waals surface area contributed by atoms with E-state index in [2.05, 4.69) is 45.7 Å². The lowest BCUT2D eigenvalue weighted by Gasteiger charge is -2.40. The lowest BCUT2D eigenvalue weighted by molar-refractivity contribution is 0.0754. The van der Waals surface area contributed by atoms with E-state index in [1.165, 1.54) is 67.4 Å². The van der Waals surface area contributed by atoms with Gasteiger partial charge in [0.2, 0.25) is 0 Å². The molecule has 5 rings (SSSR count). The largest absolute Gasteiger partial charge is 0.487 e. The molecule has 1 aromatic heterocycles. The summed E-state index contributed by atoms with van der Waals surface area (Å²) in [4.78, 5) is 5.39. The number of hydrogen-bond donors (Lipinski definition) is 0. The van der Waals surface area contributed by atoms with Crippen molar-refractivity contribution in [3.8, 4) is 5.75 Å². The molecule has 0 spiro atoms. The highest BCUT2D eigenvalue weighted by Crippen LogP contribution is 2.29. The third kappa shape index (κ3) is 4.68. The van der Waals surface area contributed by atoms with Gasteiger partial charge in [0.25, 0.3) is 0 Å². The quantitative estimate of drug-likeness (QED) is 0.468. The SMILES string of the molecule is Cn1c(COc2ccc(Cl)cc2)c(CN2CCN(C3CCCCC3)CC2)c2ccccc21. The van der Waals surface area contributed by atoms with E-state index in [4.69, 9.17) is 16.3 Å². The van der Waals surface area contributed by atoms with Crippen molar-refractivity contribution in [1.29, 1.82) is 0 Å². The summed E-state index contributed by atoms with van der Waals surface area (Å²) in [7, 11) is 2.16. The molecule has 1 aliphatic heterocycles. The van der Waals surface area contributed by atoms with Crippen LogP contribution in [0.1, 0.15) is 43.4 Å². The van der Waals surface area contributed by atoms with E-state index in [9.17, 15) is 0 Å². The summed E-state index contributed by atoms with van der Waals surface area (Å²) in [5.74, 6) is 0.853. The first kappa shape index (κ1) is 21.8. The maximum atomic E-state index is 6.18. The summed E-state index contributed by atoms with van der Waals surface area (Å²) in [6, 6.07) is 17.2. The lowest BCUT2D eigenvalue weighted by Crippen LogP contribution is -2.50. The van der Waals surface area contributed by atoms with Crippen LogP contribution in [0.5, 0.6) is 5.75 Å². The zero-order valence-corrected chi connectivity index (χ0v) is 19.9. The van der Waals surface area contributed by atoms with E-state index in [0.29, 0.717) is 6.61 Å². The average Bonchev–Trinajstić information content (AvgIpc) is 3.11. The predicted molar refractivity (Wildman–Crippen MR) is 132 cm³/mol. The minimum atomic E-state index is 0.560. The van der Waals surface area contributed by atoms with Gasteiger partial charge < -0.3 is 9.30 Å². The summed E-state index contributed by atoms with van der Waals surface area (Å²) >= 11 is 6.03. The summed E-state index contributed by atoms with van der Waals surface area (Å²) in [5.41, 5.74) is 3.94. The van der Waals surface area contributed by atoms with Gasteiger partial charge >= 0.3 is 0 Å². The number of aryl methyl sites for hydroxylation is 1. The standard InChI is InChI=1S/C27H34ClN3O/c1-29-26-10-6-5-9-24(26)25(27(29)20-32-23-13-11-21(28)12-14-23)19-30-15-17-31(18-16-30)22-7-3-2-4-8-22/h5-6,9-14,22H,2-4,7-8,15-20H2,1H3. The third-order valence-corrected chi connectivity index (χ3v) is 7.66. The van der Waals surface area contributed by atoms with Crippen molar-refractivity contribution in [3.63, 3.8) is 0 Å². The van der Waals surface area contributed by atoms with Crippen LogP contribution in [0, 0.1) is 0 Å². The summed E-state index contributed by atoms with van der Waals surface area (Å²) in [6.07, 6.45) is 7.05. The molecule has 2 aromatic carbocycles. The Labute approximate surface area is 196 Å². The van der Waals surface area contributed by atoms with Crippen LogP contribution < -0.4 is 4.74 Å². The molecule has 2 heterocycles. The van der Waals surface area contributed by atoms with E-state index in [1.54, 1.807) is 0 Å². The van der Waals surface area contributed by atoms with Crippen molar-refractivity contribution in [2.75, 3.05) is 26.2 Å². The molecule has 0 bridgehead atoms. The zero-order valence-electron chi connectivity index (χ0n) is 19.1. The van der Waals surface area contributed by atoms with E-state index in [-0.39, 0.29) is 0 Å². The van der Waals surface area contributed by atoms with Gasteiger partial charge in [-0.15, -0.1) is 0 Å². The van der Waals surface area contributed by atoms with Crippen molar-refractivity contribution in [3.05, 3.63) is 64.8 Å². The van der Waals surface area contributed by atoms with E-state index < -0.39 is 0 Å². The molecular formula is C27H34ClN3O. The number of para-hydroxylation sites is 1. The Morgan fingerprint density at radius 2 is 1.62 bits per heavy atom. The van der Waals surface area contributed by atoms with Gasteiger partial charge in [-0.25, -0.2) is 0 Å². The van der Waals surface area contributed by atoms with Gasteiger partial charge in [-0.1, -0.05) is 49.1 Å². The highest BCUT2D eigenvalue weighted by Gasteiger charge is 2.26. The number of nitrogens with zero attached hydrogens (tertiary/aromatic N) is 3. The summed E-state index contributed by atoms with van der Waals surface area (Å²) < 4.78 is 8.48. The number of ether oxygens (including phenoxy) is 1. The van der Waals surface area contributed by atoms with Gasteiger partial charge in [0.05, 0.1) is 5.69 Å². The fourth-order valence-corrected chi connectivity index (χ4v) is 5.65. The number of rotatable bonds is 6. The first-order valence-electron chi connectivity index (χ1n) is 12.1. The van der Waals surface area contributed by atoms with Crippen LogP contribution in [0.15, 0.2) is 48.5 Å². The van der Waals surface area contributed by atoms with Crippen molar-refractivity contribution in [1.82, 2.24) is 14.4 Å². The fraction of sp³-hybridized carbons (Fsp3) is 0.481. The number of piperazine rings is 1. The van der Waals surface area contributed by atoms with Crippen LogP contribution in [0.4, 0.5) is 0 Å². The van der Waals surface area contributed by atoms with Crippen LogP contribution in [0.3, 0.4) is 0 Å². The Hall–Kier alpha value is -2.01. The van der Waals surface area contributed by atoms with E-state index >= 15 is 0 Å². The molecule has 1 saturated carbocycles. The Morgan fingerprint density at radius 3 is 2.38 bits per heavy atom. The molecule has 0 N–H and O–H groups in total. The zero-order chi connectivity index (χ0) is 21.9. The molecule has 32 heavy (non-hydrogen) atoms. The number of aromatic nitrogens is 1. The van der Waals surface area contributed by atoms with Crippen LogP contribution in [-0.2, 0) is 20.2 Å². The van der Waals surface area contributed by atoms with Crippen molar-refractivity contribution < 1.29 is 4.74 Å². The Bertz CT molecular complexity index is 1030. The van der Waals surface area contributed by atoms with E-state index in [1.807, 2.05) is 24.3 Å². The maximum absolute atomic E-state index is 6.18. The van der Waals surface area contributed by atoms with Crippen molar-refractivity contribution >= 4 is 22.5 Å². The Morgan fingerprint density at radius 1 is 0.906 bits per heavy atom. The van der Waals surface area contributed by atoms with Gasteiger partial charge in [-0.3, -0.25) is 9.80 Å². The smallest absolute Gasteiger partial charge is 0.129 e. The van der Waals surface area contributed by atoms with Crippen molar-refractivity contribution in [2.45, 2.75) is 51.3 Å². The molecule has 0 unspecified atom stereocenters. The second kappa shape index (κ2) is 9.86. The topological polar surface area (TPSA) is 20.6 Å². The number of halogens is 1. The van der Waals surface area contributed by atoms with Crippen LogP contribution in [0.25, 0.3) is 10.9 Å². The average molecular weight is 452 g/mol. The molecule has 0 radical (unpaired) electrons. The highest BCUT2D eigenvalue weighted by molar-refractivity contribution is 6.30. The van der Waals surface area contributed by atoms with Crippen molar-refractivity contribution in [2.24, 2.45) is 7.05 Å². The highest BCUT2D eigenvalue weighted by atomic mass is 35.5. The molecule has 0 atom stereocenters. The van der Waals surface area contributed by atoms with Crippen LogP contribution >= 0.6 is 11.6 Å². The molecule has 3 aromatic rings. The van der Waals surface area contributed by atoms with Crippen LogP contribution in [-0.4, -0.2) is 46.6 Å². The third-order valence-electron chi connectivity index (χ3n) is 7.41. The predicted octanol–water partition coefficient (Wildman–Crippen LogP) is 5.86. The number of fused-ring (bicyclic) bond motifs is 1. The molecular weight excluding hydrogens is 418 g/mol. The molecule has 2 aliphatic rings. The molecule has 0 amide bonds. The normalized spacial score (nSPS) is 18.9. The molecule has 170 valence electrons. The van der Waals surface area contributed by atoms with Crippen LogP contribution in [0.2, 0.25) is 5.02 Å². The fourth-order valence-electron chi connectivity index (χ4n) is 5.52. The molecule has 1 aliphatic carbocycles. The number of hydrogen-bond acceptors (Lipinski definition) is 3. The molecule has 5 heteroatoms. The summed E-state index contributed by atoms with van der Waals surface area (Å²) in [6.45, 7) is 6.25. The Kier molecular flexibility index (Phi) is 6.72. The van der Waals surface area contributed by atoms with Gasteiger partial charge in [-0.2, -0.15) is 0 Å². The first-order valence-corrected chi connectivity index (χ1v) is 12.5. The van der Waals surface area contributed by atoms with Gasteiger partial charge in [-0.05, 0) is 48.7 Å². The lowest BCUT2D eigenvalue weighted by atomic mass is 9.94. The second-order valence-electron chi connectivity index (χ2n) is 9.35. The summed E-state index contributed by atoms with van der Waals surface area (Å²) in [5, 5.41) is 2.08. The van der Waals surface area contributed by atoms with Gasteiger partial charge in [0.1, 0.15) is 12.4 Å². The minimum absolute atomic E-state index is 0.560.